The lowest BCUT2D eigenvalue weighted by molar-refractivity contribution is 0.351. The fourth-order valence-electron chi connectivity index (χ4n) is 3.05. The molecular formula is C16H27N3. The SMILES string of the molecule is CCCNC(CC1CCCCCC1)c1cnccn1. The fraction of sp³-hybridized carbons (Fsp3) is 0.750. The molecule has 1 aromatic heterocycles. The molecule has 0 spiro atoms. The van der Waals surface area contributed by atoms with Crippen molar-refractivity contribution in [3.63, 3.8) is 0 Å². The predicted octanol–water partition coefficient (Wildman–Crippen LogP) is 3.88. The first kappa shape index (κ1) is 14.4. The Morgan fingerprint density at radius 2 is 2.00 bits per heavy atom. The lowest BCUT2D eigenvalue weighted by Crippen LogP contribution is -2.25. The van der Waals surface area contributed by atoms with E-state index in [-0.39, 0.29) is 0 Å². The molecule has 1 saturated carbocycles. The Kier molecular flexibility index (Phi) is 6.28. The van der Waals surface area contributed by atoms with E-state index >= 15 is 0 Å². The van der Waals surface area contributed by atoms with E-state index in [0.29, 0.717) is 6.04 Å². The van der Waals surface area contributed by atoms with E-state index in [1.54, 1.807) is 6.20 Å². The van der Waals surface area contributed by atoms with Gasteiger partial charge in [0.25, 0.3) is 0 Å². The van der Waals surface area contributed by atoms with Gasteiger partial charge < -0.3 is 5.32 Å². The van der Waals surface area contributed by atoms with Gasteiger partial charge in [0, 0.05) is 18.6 Å². The van der Waals surface area contributed by atoms with Gasteiger partial charge in [-0.15, -0.1) is 0 Å². The van der Waals surface area contributed by atoms with Crippen molar-refractivity contribution in [3.8, 4) is 0 Å². The molecule has 1 N–H and O–H groups in total. The maximum absolute atomic E-state index is 4.50. The highest BCUT2D eigenvalue weighted by Gasteiger charge is 2.20. The maximum atomic E-state index is 4.50. The number of aromatic nitrogens is 2. The Balaban J connectivity index is 1.96. The maximum Gasteiger partial charge on any atom is 0.0756 e. The second kappa shape index (κ2) is 8.26. The second-order valence-corrected chi connectivity index (χ2v) is 5.73. The Morgan fingerprint density at radius 1 is 1.21 bits per heavy atom. The lowest BCUT2D eigenvalue weighted by Gasteiger charge is -2.23. The third kappa shape index (κ3) is 4.90. The van der Waals surface area contributed by atoms with E-state index < -0.39 is 0 Å². The first-order valence-corrected chi connectivity index (χ1v) is 7.89. The van der Waals surface area contributed by atoms with Gasteiger partial charge in [-0.2, -0.15) is 0 Å². The molecule has 0 saturated heterocycles. The summed E-state index contributed by atoms with van der Waals surface area (Å²) in [5.41, 5.74) is 1.11. The zero-order valence-corrected chi connectivity index (χ0v) is 12.1. The van der Waals surface area contributed by atoms with Crippen molar-refractivity contribution in [3.05, 3.63) is 24.3 Å². The molecule has 106 valence electrons. The van der Waals surface area contributed by atoms with Crippen LogP contribution in [-0.2, 0) is 0 Å². The highest BCUT2D eigenvalue weighted by molar-refractivity contribution is 5.02. The molecule has 0 amide bonds. The van der Waals surface area contributed by atoms with Crippen molar-refractivity contribution < 1.29 is 0 Å². The fourth-order valence-corrected chi connectivity index (χ4v) is 3.05. The van der Waals surface area contributed by atoms with E-state index in [4.69, 9.17) is 0 Å². The summed E-state index contributed by atoms with van der Waals surface area (Å²) in [4.78, 5) is 8.72. The van der Waals surface area contributed by atoms with Crippen molar-refractivity contribution in [2.45, 2.75) is 64.3 Å². The normalized spacial score (nSPS) is 19.0. The molecule has 1 heterocycles. The van der Waals surface area contributed by atoms with Crippen molar-refractivity contribution in [2.75, 3.05) is 6.54 Å². The van der Waals surface area contributed by atoms with Gasteiger partial charge >= 0.3 is 0 Å². The highest BCUT2D eigenvalue weighted by Crippen LogP contribution is 2.30. The summed E-state index contributed by atoms with van der Waals surface area (Å²) < 4.78 is 0. The molecule has 2 rings (SSSR count). The van der Waals surface area contributed by atoms with Crippen LogP contribution in [0.5, 0.6) is 0 Å². The van der Waals surface area contributed by atoms with Crippen LogP contribution in [0.2, 0.25) is 0 Å². The van der Waals surface area contributed by atoms with Gasteiger partial charge in [0.05, 0.1) is 11.7 Å². The number of hydrogen-bond donors (Lipinski definition) is 1. The van der Waals surface area contributed by atoms with Gasteiger partial charge in [-0.05, 0) is 25.3 Å². The summed E-state index contributed by atoms with van der Waals surface area (Å²) >= 11 is 0. The van der Waals surface area contributed by atoms with Gasteiger partial charge in [-0.1, -0.05) is 45.4 Å². The highest BCUT2D eigenvalue weighted by atomic mass is 14.9. The molecule has 1 atom stereocenters. The summed E-state index contributed by atoms with van der Waals surface area (Å²) in [6.07, 6.45) is 16.3. The average molecular weight is 261 g/mol. The van der Waals surface area contributed by atoms with Crippen molar-refractivity contribution >= 4 is 0 Å². The van der Waals surface area contributed by atoms with Gasteiger partial charge in [0.1, 0.15) is 0 Å². The Bertz CT molecular complexity index is 331. The summed E-state index contributed by atoms with van der Waals surface area (Å²) in [6, 6.07) is 0.386. The monoisotopic (exact) mass is 261 g/mol. The minimum atomic E-state index is 0.386. The molecular weight excluding hydrogens is 234 g/mol. The number of rotatable bonds is 6. The van der Waals surface area contributed by atoms with Crippen LogP contribution < -0.4 is 5.32 Å². The third-order valence-corrected chi connectivity index (χ3v) is 4.12. The van der Waals surface area contributed by atoms with Crippen LogP contribution in [0.3, 0.4) is 0 Å². The third-order valence-electron chi connectivity index (χ3n) is 4.12. The van der Waals surface area contributed by atoms with Crippen molar-refractivity contribution in [1.82, 2.24) is 15.3 Å². The molecule has 3 heteroatoms. The summed E-state index contributed by atoms with van der Waals surface area (Å²) in [6.45, 7) is 3.28. The number of nitrogens with zero attached hydrogens (tertiary/aromatic N) is 2. The van der Waals surface area contributed by atoms with E-state index in [2.05, 4.69) is 22.2 Å². The molecule has 0 aromatic carbocycles. The minimum Gasteiger partial charge on any atom is -0.309 e. The molecule has 1 aromatic rings. The zero-order valence-electron chi connectivity index (χ0n) is 12.1. The van der Waals surface area contributed by atoms with E-state index in [1.807, 2.05) is 12.4 Å². The van der Waals surface area contributed by atoms with Crippen LogP contribution in [0.1, 0.15) is 70.0 Å². The lowest BCUT2D eigenvalue weighted by atomic mass is 9.91. The smallest absolute Gasteiger partial charge is 0.0756 e. The Labute approximate surface area is 117 Å². The largest absolute Gasteiger partial charge is 0.309 e. The quantitative estimate of drug-likeness (QED) is 0.790. The predicted molar refractivity (Wildman–Crippen MR) is 78.9 cm³/mol. The first-order valence-electron chi connectivity index (χ1n) is 7.89. The minimum absolute atomic E-state index is 0.386. The van der Waals surface area contributed by atoms with Gasteiger partial charge in [0.15, 0.2) is 0 Å². The summed E-state index contributed by atoms with van der Waals surface area (Å²) in [5, 5.41) is 3.65. The first-order chi connectivity index (χ1) is 9.40. The molecule has 3 nitrogen and oxygen atoms in total. The standard InChI is InChI=1S/C16H27N3/c1-2-9-18-15(16-13-17-10-11-19-16)12-14-7-5-3-4-6-8-14/h10-11,13-15,18H,2-9,12H2,1H3. The van der Waals surface area contributed by atoms with Crippen molar-refractivity contribution in [2.24, 2.45) is 5.92 Å². The van der Waals surface area contributed by atoms with Crippen LogP contribution in [0.4, 0.5) is 0 Å². The molecule has 1 aliphatic rings. The molecule has 1 unspecified atom stereocenters. The Hall–Kier alpha value is -0.960. The van der Waals surface area contributed by atoms with Crippen LogP contribution in [0.15, 0.2) is 18.6 Å². The van der Waals surface area contributed by atoms with Crippen LogP contribution in [0, 0.1) is 5.92 Å². The average Bonchev–Trinajstić information content (AvgIpc) is 2.73. The molecule has 0 aliphatic heterocycles. The van der Waals surface area contributed by atoms with Crippen LogP contribution >= 0.6 is 0 Å². The van der Waals surface area contributed by atoms with E-state index in [9.17, 15) is 0 Å². The van der Waals surface area contributed by atoms with Gasteiger partial charge in [-0.3, -0.25) is 9.97 Å². The van der Waals surface area contributed by atoms with Gasteiger partial charge in [-0.25, -0.2) is 0 Å². The molecule has 0 radical (unpaired) electrons. The van der Waals surface area contributed by atoms with Crippen LogP contribution in [0.25, 0.3) is 0 Å². The Morgan fingerprint density at radius 3 is 2.63 bits per heavy atom. The summed E-state index contributed by atoms with van der Waals surface area (Å²) in [5.74, 6) is 0.860. The molecule has 1 aliphatic carbocycles. The summed E-state index contributed by atoms with van der Waals surface area (Å²) in [7, 11) is 0. The van der Waals surface area contributed by atoms with E-state index in [0.717, 1.165) is 18.2 Å². The van der Waals surface area contributed by atoms with E-state index in [1.165, 1.54) is 51.4 Å². The van der Waals surface area contributed by atoms with Gasteiger partial charge in [0.2, 0.25) is 0 Å². The second-order valence-electron chi connectivity index (χ2n) is 5.73. The number of nitrogens with one attached hydrogen (secondary N) is 1. The molecule has 1 fully saturated rings. The zero-order chi connectivity index (χ0) is 13.3. The van der Waals surface area contributed by atoms with Crippen molar-refractivity contribution in [1.29, 1.82) is 0 Å². The van der Waals surface area contributed by atoms with Crippen LogP contribution in [-0.4, -0.2) is 16.5 Å². The molecule has 0 bridgehead atoms. The number of hydrogen-bond acceptors (Lipinski definition) is 3. The molecule has 19 heavy (non-hydrogen) atoms. The topological polar surface area (TPSA) is 37.8 Å².